The van der Waals surface area contributed by atoms with E-state index in [1.54, 1.807) is 0 Å². The quantitative estimate of drug-likeness (QED) is 0.572. The maximum absolute atomic E-state index is 12.2. The molecule has 0 aliphatic rings. The topological polar surface area (TPSA) is 83.8 Å². The van der Waals surface area contributed by atoms with E-state index in [-0.39, 0.29) is 0 Å². The van der Waals surface area contributed by atoms with E-state index in [2.05, 4.69) is 16.3 Å². The SMILES string of the molecule is O=C(Cl)OC(F)C(Cl)(Cl)Cl.O=C(O)O. The fourth-order valence-corrected chi connectivity index (χ4v) is 0.360. The first-order valence-corrected chi connectivity index (χ1v) is 4.07. The third-order valence-corrected chi connectivity index (χ3v) is 1.06. The van der Waals surface area contributed by atoms with Crippen LogP contribution < -0.4 is 0 Å². The summed E-state index contributed by atoms with van der Waals surface area (Å²) in [4.78, 5) is 18.4. The van der Waals surface area contributed by atoms with Gasteiger partial charge in [-0.25, -0.2) is 9.59 Å². The molecule has 0 aliphatic carbocycles. The Hall–Kier alpha value is -0.170. The van der Waals surface area contributed by atoms with Gasteiger partial charge < -0.3 is 14.9 Å². The summed E-state index contributed by atoms with van der Waals surface area (Å²) in [6, 6.07) is 0. The van der Waals surface area contributed by atoms with Gasteiger partial charge in [0.25, 0.3) is 10.2 Å². The summed E-state index contributed by atoms with van der Waals surface area (Å²) in [6.07, 6.45) is -4.18. The Morgan fingerprint density at radius 1 is 1.29 bits per heavy atom. The molecule has 10 heteroatoms. The average molecular weight is 292 g/mol. The molecule has 0 aromatic heterocycles. The van der Waals surface area contributed by atoms with Crippen LogP contribution in [0.1, 0.15) is 0 Å². The minimum atomic E-state index is -2.34. The zero-order valence-electron chi connectivity index (χ0n) is 6.09. The van der Waals surface area contributed by atoms with Gasteiger partial charge in [-0.2, -0.15) is 4.39 Å². The van der Waals surface area contributed by atoms with E-state index in [0.29, 0.717) is 0 Å². The molecule has 1 unspecified atom stereocenters. The number of carbonyl (C=O) groups excluding carboxylic acids is 1. The highest BCUT2D eigenvalue weighted by Gasteiger charge is 2.35. The number of ether oxygens (including phenoxy) is 1. The van der Waals surface area contributed by atoms with Crippen molar-refractivity contribution in [3.05, 3.63) is 0 Å². The van der Waals surface area contributed by atoms with Crippen molar-refractivity contribution in [2.75, 3.05) is 0 Å². The number of halogens is 5. The van der Waals surface area contributed by atoms with Gasteiger partial charge in [-0.15, -0.1) is 0 Å². The van der Waals surface area contributed by atoms with Crippen LogP contribution in [0.3, 0.4) is 0 Å². The lowest BCUT2D eigenvalue weighted by molar-refractivity contribution is 0.0321. The van der Waals surface area contributed by atoms with Crippen LogP contribution in [0.5, 0.6) is 0 Å². The van der Waals surface area contributed by atoms with E-state index in [4.69, 9.17) is 49.8 Å². The molecule has 5 nitrogen and oxygen atoms in total. The highest BCUT2D eigenvalue weighted by atomic mass is 35.6. The summed E-state index contributed by atoms with van der Waals surface area (Å²) in [5, 5.41) is 13.9. The van der Waals surface area contributed by atoms with Crippen molar-refractivity contribution < 1.29 is 28.9 Å². The van der Waals surface area contributed by atoms with Crippen molar-refractivity contribution >= 4 is 58.0 Å². The predicted molar refractivity (Wildman–Crippen MR) is 48.2 cm³/mol. The second-order valence-electron chi connectivity index (χ2n) is 1.50. The van der Waals surface area contributed by atoms with E-state index in [1.807, 2.05) is 0 Å². The summed E-state index contributed by atoms with van der Waals surface area (Å²) >= 11 is 19.4. The normalized spacial score (nSPS) is 12.1. The summed E-state index contributed by atoms with van der Waals surface area (Å²) in [5.41, 5.74) is -1.36. The molecule has 0 saturated heterocycles. The van der Waals surface area contributed by atoms with Gasteiger partial charge in [-0.3, -0.25) is 0 Å². The molecule has 0 aliphatic heterocycles. The van der Waals surface area contributed by atoms with Gasteiger partial charge >= 0.3 is 11.6 Å². The Morgan fingerprint density at radius 3 is 1.64 bits per heavy atom. The largest absolute Gasteiger partial charge is 0.503 e. The van der Waals surface area contributed by atoms with Gasteiger partial charge in [0.2, 0.25) is 0 Å². The molecule has 14 heavy (non-hydrogen) atoms. The van der Waals surface area contributed by atoms with Gasteiger partial charge in [0, 0.05) is 11.6 Å². The van der Waals surface area contributed by atoms with Crippen LogP contribution in [0, 0.1) is 0 Å². The van der Waals surface area contributed by atoms with Gasteiger partial charge in [-0.1, -0.05) is 34.8 Å². The van der Waals surface area contributed by atoms with Crippen molar-refractivity contribution in [3.63, 3.8) is 0 Å². The van der Waals surface area contributed by atoms with Crippen LogP contribution in [0.4, 0.5) is 14.0 Å². The molecule has 0 saturated carbocycles. The molecule has 0 rings (SSSR count). The van der Waals surface area contributed by atoms with Gasteiger partial charge in [0.15, 0.2) is 0 Å². The van der Waals surface area contributed by atoms with E-state index in [9.17, 15) is 9.18 Å². The third kappa shape index (κ3) is 14.4. The maximum Gasteiger partial charge on any atom is 0.503 e. The standard InChI is InChI=1S/C3HCl4FO2.CH2O3/c4-2(9)10-1(8)3(5,6)7;2-1(3)4/h1H;(H2,2,3,4). The summed E-state index contributed by atoms with van der Waals surface area (Å²) < 4.78 is 13.6. The Balaban J connectivity index is 0. The third-order valence-electron chi connectivity index (χ3n) is 0.453. The van der Waals surface area contributed by atoms with Crippen LogP contribution >= 0.6 is 46.4 Å². The van der Waals surface area contributed by atoms with Crippen molar-refractivity contribution in [2.45, 2.75) is 10.2 Å². The predicted octanol–water partition coefficient (Wildman–Crippen LogP) is 3.25. The van der Waals surface area contributed by atoms with E-state index in [0.717, 1.165) is 0 Å². The summed E-state index contributed by atoms with van der Waals surface area (Å²) in [7, 11) is 0. The van der Waals surface area contributed by atoms with E-state index < -0.39 is 21.7 Å². The minimum Gasteiger partial charge on any atom is -0.450 e. The number of carbonyl (C=O) groups is 2. The molecule has 0 bridgehead atoms. The lowest BCUT2D eigenvalue weighted by Crippen LogP contribution is -2.24. The zero-order chi connectivity index (χ0) is 11.9. The first kappa shape index (κ1) is 16.3. The van der Waals surface area contributed by atoms with Crippen LogP contribution in [0.2, 0.25) is 0 Å². The van der Waals surface area contributed by atoms with Crippen molar-refractivity contribution in [1.29, 1.82) is 0 Å². The lowest BCUT2D eigenvalue weighted by atomic mass is 10.8. The molecular formula is C4H3Cl4FO5. The number of alkyl halides is 4. The molecule has 0 radical (unpaired) electrons. The molecule has 0 spiro atoms. The Kier molecular flexibility index (Phi) is 8.33. The monoisotopic (exact) mass is 290 g/mol. The van der Waals surface area contributed by atoms with Crippen molar-refractivity contribution in [1.82, 2.24) is 0 Å². The number of rotatable bonds is 1. The molecule has 0 fully saturated rings. The minimum absolute atomic E-state index is 1.36. The van der Waals surface area contributed by atoms with E-state index >= 15 is 0 Å². The molecule has 84 valence electrons. The molecule has 0 aromatic rings. The van der Waals surface area contributed by atoms with Gasteiger partial charge in [0.1, 0.15) is 0 Å². The highest BCUT2D eigenvalue weighted by molar-refractivity contribution is 6.68. The number of hydrogen-bond acceptors (Lipinski definition) is 3. The molecular weight excluding hydrogens is 289 g/mol. The summed E-state index contributed by atoms with van der Waals surface area (Å²) in [6.45, 7) is 0. The van der Waals surface area contributed by atoms with Gasteiger partial charge in [-0.05, 0) is 0 Å². The Morgan fingerprint density at radius 2 is 1.57 bits per heavy atom. The highest BCUT2D eigenvalue weighted by Crippen LogP contribution is 2.33. The van der Waals surface area contributed by atoms with Crippen LogP contribution in [-0.2, 0) is 4.74 Å². The van der Waals surface area contributed by atoms with Crippen LogP contribution in [0.15, 0.2) is 0 Å². The average Bonchev–Trinajstić information content (AvgIpc) is 1.81. The first-order chi connectivity index (χ1) is 6.07. The lowest BCUT2D eigenvalue weighted by Gasteiger charge is -2.14. The fourth-order valence-electron chi connectivity index (χ4n) is 0.148. The first-order valence-electron chi connectivity index (χ1n) is 2.56. The Labute approximate surface area is 97.2 Å². The van der Waals surface area contributed by atoms with E-state index in [1.165, 1.54) is 0 Å². The molecule has 1 atom stereocenters. The molecule has 0 amide bonds. The molecule has 2 N–H and O–H groups in total. The molecule has 0 aromatic carbocycles. The van der Waals surface area contributed by atoms with Crippen molar-refractivity contribution in [3.8, 4) is 0 Å². The second-order valence-corrected chi connectivity index (χ2v) is 4.17. The van der Waals surface area contributed by atoms with Crippen LogP contribution in [0.25, 0.3) is 0 Å². The fraction of sp³-hybridized carbons (Fsp3) is 0.500. The van der Waals surface area contributed by atoms with Gasteiger partial charge in [0.05, 0.1) is 0 Å². The summed E-state index contributed by atoms with van der Waals surface area (Å²) in [5.74, 6) is 0. The Bertz CT molecular complexity index is 200. The number of carboxylic acid groups (broad SMARTS) is 2. The molecule has 0 heterocycles. The van der Waals surface area contributed by atoms with Crippen LogP contribution in [-0.4, -0.2) is 31.9 Å². The van der Waals surface area contributed by atoms with Crippen molar-refractivity contribution in [2.24, 2.45) is 0 Å². The maximum atomic E-state index is 12.2. The second kappa shape index (κ2) is 7.17. The smallest absolute Gasteiger partial charge is 0.450 e. The zero-order valence-corrected chi connectivity index (χ0v) is 9.11. The number of hydrogen-bond donors (Lipinski definition) is 2.